The van der Waals surface area contributed by atoms with Crippen LogP contribution in [-0.4, -0.2) is 42.0 Å². The average Bonchev–Trinajstić information content (AvgIpc) is 2.87. The molecule has 0 bridgehead atoms. The second-order valence-electron chi connectivity index (χ2n) is 4.62. The Bertz CT molecular complexity index is 523. The monoisotopic (exact) mass is 310 g/mol. The van der Waals surface area contributed by atoms with Crippen LogP contribution in [0.4, 0.5) is 0 Å². The zero-order valence-electron chi connectivity index (χ0n) is 9.97. The molecule has 1 aromatic rings. The second-order valence-corrected chi connectivity index (χ2v) is 8.51. The highest BCUT2D eigenvalue weighted by molar-refractivity contribution is 7.91. The van der Waals surface area contributed by atoms with Crippen molar-refractivity contribution >= 4 is 33.0 Å². The molecule has 5 nitrogen and oxygen atoms in total. The van der Waals surface area contributed by atoms with Crippen molar-refractivity contribution in [2.45, 2.75) is 35.5 Å². The van der Waals surface area contributed by atoms with Gasteiger partial charge in [0.2, 0.25) is 0 Å². The van der Waals surface area contributed by atoms with E-state index in [1.807, 2.05) is 0 Å². The smallest absolute Gasteiger partial charge is 0.254 e. The van der Waals surface area contributed by atoms with Crippen LogP contribution in [0.3, 0.4) is 0 Å². The minimum Gasteiger partial charge on any atom is -0.389 e. The van der Waals surface area contributed by atoms with Crippen LogP contribution in [0, 0.1) is 0 Å². The Morgan fingerprint density at radius 2 is 2.17 bits per heavy atom. The summed E-state index contributed by atoms with van der Waals surface area (Å²) < 4.78 is 25.9. The van der Waals surface area contributed by atoms with Crippen LogP contribution >= 0.6 is 22.9 Å². The maximum atomic E-state index is 12.2. The second kappa shape index (κ2) is 5.05. The molecule has 1 aliphatic rings. The summed E-state index contributed by atoms with van der Waals surface area (Å²) in [5.74, 6) is 0. The number of aromatic nitrogens is 1. The Hall–Kier alpha value is -0.210. The maximum absolute atomic E-state index is 12.2. The third kappa shape index (κ3) is 2.85. The van der Waals surface area contributed by atoms with E-state index in [1.165, 1.54) is 17.5 Å². The number of halogens is 1. The fraction of sp³-hybridized carbons (Fsp3) is 0.700. The van der Waals surface area contributed by atoms with E-state index >= 15 is 0 Å². The van der Waals surface area contributed by atoms with E-state index in [4.69, 9.17) is 11.6 Å². The first-order valence-corrected chi connectivity index (χ1v) is 8.27. The van der Waals surface area contributed by atoms with E-state index in [2.05, 4.69) is 4.98 Å². The number of rotatable bonds is 4. The Balaban J connectivity index is 2.15. The summed E-state index contributed by atoms with van der Waals surface area (Å²) in [4.78, 5) is 3.73. The lowest BCUT2D eigenvalue weighted by Crippen LogP contribution is -2.41. The van der Waals surface area contributed by atoms with Crippen molar-refractivity contribution in [2.75, 3.05) is 13.6 Å². The van der Waals surface area contributed by atoms with Crippen molar-refractivity contribution < 1.29 is 13.5 Å². The molecule has 8 heteroatoms. The predicted octanol–water partition coefficient (Wildman–Crippen LogP) is 1.72. The molecular weight excluding hydrogens is 296 g/mol. The highest BCUT2D eigenvalue weighted by Gasteiger charge is 2.36. The number of hydrogen-bond acceptors (Lipinski definition) is 5. The van der Waals surface area contributed by atoms with Gasteiger partial charge in [-0.25, -0.2) is 13.4 Å². The molecule has 0 atom stereocenters. The summed E-state index contributed by atoms with van der Waals surface area (Å²) in [5, 5.41) is 10.2. The third-order valence-corrected chi connectivity index (χ3v) is 6.53. The standard InChI is InChI=1S/C10H15ClN2O3S2/c1-13(7-10(14)4-2-3-5-10)18(15,16)8-6-12-9(11)17-8/h6,14H,2-5,7H2,1H3. The SMILES string of the molecule is CN(CC1(O)CCCC1)S(=O)(=O)c1cnc(Cl)s1. The molecule has 0 radical (unpaired) electrons. The van der Waals surface area contributed by atoms with Crippen molar-refractivity contribution in [1.82, 2.24) is 9.29 Å². The number of hydrogen-bond donors (Lipinski definition) is 1. The first-order chi connectivity index (χ1) is 8.33. The number of sulfonamides is 1. The molecule has 0 aromatic carbocycles. The Labute approximate surface area is 115 Å². The number of likely N-dealkylation sites (N-methyl/N-ethyl adjacent to an activating group) is 1. The zero-order chi connectivity index (χ0) is 13.4. The summed E-state index contributed by atoms with van der Waals surface area (Å²) in [7, 11) is -2.13. The molecule has 1 fully saturated rings. The number of nitrogens with zero attached hydrogens (tertiary/aromatic N) is 2. The average molecular weight is 311 g/mol. The molecule has 1 N–H and O–H groups in total. The van der Waals surface area contributed by atoms with E-state index in [0.29, 0.717) is 12.8 Å². The van der Waals surface area contributed by atoms with Gasteiger partial charge in [0.1, 0.15) is 0 Å². The molecule has 0 unspecified atom stereocenters. The van der Waals surface area contributed by atoms with Gasteiger partial charge in [0.05, 0.1) is 11.8 Å². The van der Waals surface area contributed by atoms with Crippen LogP contribution in [-0.2, 0) is 10.0 Å². The first-order valence-electron chi connectivity index (χ1n) is 5.64. The van der Waals surface area contributed by atoms with Gasteiger partial charge in [-0.2, -0.15) is 4.31 Å². The quantitative estimate of drug-likeness (QED) is 0.919. The van der Waals surface area contributed by atoms with Gasteiger partial charge in [0.25, 0.3) is 10.0 Å². The molecule has 0 spiro atoms. The minimum atomic E-state index is -3.60. The number of aliphatic hydroxyl groups is 1. The van der Waals surface area contributed by atoms with Crippen LogP contribution in [0.1, 0.15) is 25.7 Å². The molecule has 1 aromatic heterocycles. The van der Waals surface area contributed by atoms with E-state index in [9.17, 15) is 13.5 Å². The predicted molar refractivity (Wildman–Crippen MR) is 70.4 cm³/mol. The summed E-state index contributed by atoms with van der Waals surface area (Å²) in [6.07, 6.45) is 4.43. The maximum Gasteiger partial charge on any atom is 0.254 e. The van der Waals surface area contributed by atoms with Crippen molar-refractivity contribution in [3.05, 3.63) is 10.7 Å². The van der Waals surface area contributed by atoms with Gasteiger partial charge in [-0.1, -0.05) is 35.8 Å². The minimum absolute atomic E-state index is 0.108. The largest absolute Gasteiger partial charge is 0.389 e. The van der Waals surface area contributed by atoms with Crippen molar-refractivity contribution in [3.8, 4) is 0 Å². The highest BCUT2D eigenvalue weighted by atomic mass is 35.5. The summed E-state index contributed by atoms with van der Waals surface area (Å²) in [6, 6.07) is 0. The Morgan fingerprint density at radius 3 is 2.67 bits per heavy atom. The van der Waals surface area contributed by atoms with E-state index in [-0.39, 0.29) is 15.2 Å². The van der Waals surface area contributed by atoms with Crippen molar-refractivity contribution in [2.24, 2.45) is 0 Å². The third-order valence-electron chi connectivity index (χ3n) is 3.17. The molecule has 1 saturated carbocycles. The summed E-state index contributed by atoms with van der Waals surface area (Å²) in [6.45, 7) is 0.116. The molecule has 0 amide bonds. The van der Waals surface area contributed by atoms with Gasteiger partial charge in [-0.3, -0.25) is 0 Å². The van der Waals surface area contributed by atoms with Crippen LogP contribution in [0.5, 0.6) is 0 Å². The van der Waals surface area contributed by atoms with Crippen molar-refractivity contribution in [3.63, 3.8) is 0 Å². The molecule has 0 saturated heterocycles. The van der Waals surface area contributed by atoms with E-state index in [1.54, 1.807) is 0 Å². The lowest BCUT2D eigenvalue weighted by molar-refractivity contribution is 0.0334. The van der Waals surface area contributed by atoms with E-state index < -0.39 is 15.6 Å². The van der Waals surface area contributed by atoms with E-state index in [0.717, 1.165) is 24.2 Å². The molecule has 1 heterocycles. The van der Waals surface area contributed by atoms with Gasteiger partial charge in [0.15, 0.2) is 8.68 Å². The summed E-state index contributed by atoms with van der Waals surface area (Å²) in [5.41, 5.74) is -0.893. The topological polar surface area (TPSA) is 70.5 Å². The molecule has 1 aliphatic carbocycles. The molecule has 18 heavy (non-hydrogen) atoms. The highest BCUT2D eigenvalue weighted by Crippen LogP contribution is 2.32. The van der Waals surface area contributed by atoms with Gasteiger partial charge in [0, 0.05) is 13.6 Å². The van der Waals surface area contributed by atoms with Crippen LogP contribution in [0.2, 0.25) is 4.47 Å². The van der Waals surface area contributed by atoms with Crippen LogP contribution < -0.4 is 0 Å². The lowest BCUT2D eigenvalue weighted by atomic mass is 10.0. The fourth-order valence-corrected chi connectivity index (χ4v) is 4.96. The molecule has 102 valence electrons. The zero-order valence-corrected chi connectivity index (χ0v) is 12.4. The molecular formula is C10H15ClN2O3S2. The Kier molecular flexibility index (Phi) is 3.99. The van der Waals surface area contributed by atoms with Gasteiger partial charge in [-0.15, -0.1) is 0 Å². The van der Waals surface area contributed by atoms with Crippen LogP contribution in [0.15, 0.2) is 10.4 Å². The first kappa shape index (κ1) is 14.2. The normalized spacial score (nSPS) is 19.6. The van der Waals surface area contributed by atoms with Crippen molar-refractivity contribution in [1.29, 1.82) is 0 Å². The van der Waals surface area contributed by atoms with Crippen LogP contribution in [0.25, 0.3) is 0 Å². The Morgan fingerprint density at radius 1 is 1.56 bits per heavy atom. The van der Waals surface area contributed by atoms with Gasteiger partial charge < -0.3 is 5.11 Å². The number of thiazole rings is 1. The van der Waals surface area contributed by atoms with Gasteiger partial charge >= 0.3 is 0 Å². The molecule has 2 rings (SSSR count). The summed E-state index contributed by atoms with van der Waals surface area (Å²) >= 11 is 6.57. The van der Waals surface area contributed by atoms with Gasteiger partial charge in [-0.05, 0) is 12.8 Å². The lowest BCUT2D eigenvalue weighted by Gasteiger charge is -2.27. The fourth-order valence-electron chi connectivity index (χ4n) is 2.20. The molecule has 0 aliphatic heterocycles.